The summed E-state index contributed by atoms with van der Waals surface area (Å²) in [5, 5.41) is 11.5. The van der Waals surface area contributed by atoms with Crippen molar-refractivity contribution in [3.8, 4) is 5.75 Å². The van der Waals surface area contributed by atoms with Crippen molar-refractivity contribution in [2.24, 2.45) is 0 Å². The molecule has 10 nitrogen and oxygen atoms in total. The summed E-state index contributed by atoms with van der Waals surface area (Å²) in [6.45, 7) is 0.0556. The molecule has 7 rings (SSSR count). The standard InChI is InChI=1S/C28H23F2N3O7S/c1-37-27(36)40-13-39-24-19(34)7-8-33-23(24)26(35)32-9-10-38-25-21(28(25,32)31-33)15-3-2-4-20-16(15)11-14-5-6-18(29)22(30)17(14)12-41-20/h2-8,21,25,31H,9-13H2,1H3/p+1/t21?,25-,28+/m0/s1. The first-order chi connectivity index (χ1) is 19.8. The van der Waals surface area contributed by atoms with Crippen LogP contribution in [0.3, 0.4) is 0 Å². The predicted octanol–water partition coefficient (Wildman–Crippen LogP) is 3.21. The lowest BCUT2D eigenvalue weighted by molar-refractivity contribution is -0.604. The Kier molecular flexibility index (Phi) is 5.98. The maximum atomic E-state index is 14.7. The molecule has 41 heavy (non-hydrogen) atoms. The molecule has 1 aliphatic carbocycles. The first-order valence-corrected chi connectivity index (χ1v) is 13.9. The zero-order valence-corrected chi connectivity index (χ0v) is 22.5. The molecule has 0 amide bonds. The molecule has 2 aromatic carbocycles. The van der Waals surface area contributed by atoms with Crippen molar-refractivity contribution < 1.29 is 42.2 Å². The van der Waals surface area contributed by atoms with E-state index in [0.717, 1.165) is 34.8 Å². The molecule has 3 aliphatic heterocycles. The zero-order valence-electron chi connectivity index (χ0n) is 21.7. The number of hydrogen-bond acceptors (Lipinski definition) is 8. The number of fused-ring (bicyclic) bond motifs is 3. The number of hydrogen-bond donors (Lipinski definition) is 2. The fraction of sp³-hybridized carbons (Fsp3) is 0.321. The van der Waals surface area contributed by atoms with Gasteiger partial charge < -0.3 is 24.1 Å². The average molecular weight is 585 g/mol. The molecule has 1 saturated carbocycles. The van der Waals surface area contributed by atoms with E-state index in [4.69, 9.17) is 14.2 Å². The van der Waals surface area contributed by atoms with Gasteiger partial charge in [0.2, 0.25) is 23.7 Å². The van der Waals surface area contributed by atoms with E-state index in [9.17, 15) is 23.5 Å². The Labute approximate surface area is 236 Å². The van der Waals surface area contributed by atoms with Gasteiger partial charge in [-0.1, -0.05) is 18.2 Å². The number of ether oxygens (including phenoxy) is 4. The third kappa shape index (κ3) is 3.82. The number of benzene rings is 2. The number of rotatable bonds is 4. The monoisotopic (exact) mass is 584 g/mol. The van der Waals surface area contributed by atoms with Crippen molar-refractivity contribution in [2.75, 3.05) is 32.5 Å². The summed E-state index contributed by atoms with van der Waals surface area (Å²) in [6, 6.07) is 9.99. The third-order valence-corrected chi connectivity index (χ3v) is 9.19. The highest BCUT2D eigenvalue weighted by Crippen LogP contribution is 2.59. The highest BCUT2D eigenvalue weighted by Gasteiger charge is 2.80. The molecule has 4 aliphatic rings. The Morgan fingerprint density at radius 2 is 2.12 bits per heavy atom. The van der Waals surface area contributed by atoms with E-state index in [0.29, 0.717) is 30.9 Å². The third-order valence-electron chi connectivity index (χ3n) is 8.07. The second kappa shape index (κ2) is 9.48. The van der Waals surface area contributed by atoms with Gasteiger partial charge in [0, 0.05) is 28.5 Å². The van der Waals surface area contributed by atoms with Crippen LogP contribution in [0.1, 0.15) is 33.9 Å². The first kappa shape index (κ1) is 25.8. The minimum Gasteiger partial charge on any atom is -0.458 e. The summed E-state index contributed by atoms with van der Waals surface area (Å²) < 4.78 is 52.8. The number of aliphatic hydroxyl groups is 1. The van der Waals surface area contributed by atoms with Crippen LogP contribution in [0.15, 0.2) is 52.3 Å². The maximum absolute atomic E-state index is 14.7. The molecule has 1 spiro atoms. The number of morpholine rings is 1. The van der Waals surface area contributed by atoms with Crippen molar-refractivity contribution in [3.63, 3.8) is 0 Å². The largest absolute Gasteiger partial charge is 0.510 e. The molecule has 212 valence electrons. The fourth-order valence-electron chi connectivity index (χ4n) is 6.19. The highest BCUT2D eigenvalue weighted by molar-refractivity contribution is 7.98. The van der Waals surface area contributed by atoms with Gasteiger partial charge in [-0.2, -0.15) is 4.58 Å². The van der Waals surface area contributed by atoms with E-state index >= 15 is 0 Å². The summed E-state index contributed by atoms with van der Waals surface area (Å²) in [4.78, 5) is 25.0. The molecule has 1 unspecified atom stereocenters. The van der Waals surface area contributed by atoms with Crippen molar-refractivity contribution in [1.82, 2.24) is 4.68 Å². The number of pyridine rings is 1. The summed E-state index contributed by atoms with van der Waals surface area (Å²) in [5.41, 5.74) is 5.18. The summed E-state index contributed by atoms with van der Waals surface area (Å²) in [6.07, 6.45) is 0.570. The van der Waals surface area contributed by atoms with Gasteiger partial charge in [0.25, 0.3) is 5.66 Å². The topological polar surface area (TPSA) is 111 Å². The van der Waals surface area contributed by atoms with Crippen LogP contribution in [0.4, 0.5) is 13.6 Å². The number of aliphatic hydroxyl groups excluding tert-OH is 1. The molecule has 1 aromatic heterocycles. The minimum absolute atomic E-state index is 0.0803. The van der Waals surface area contributed by atoms with Crippen LogP contribution in [0, 0.1) is 11.6 Å². The van der Waals surface area contributed by atoms with Crippen molar-refractivity contribution >= 4 is 23.8 Å². The molecular weight excluding hydrogens is 560 g/mol. The molecular formula is C28H24F2N3O7S+. The van der Waals surface area contributed by atoms with Gasteiger partial charge >= 0.3 is 12.1 Å². The minimum atomic E-state index is -0.979. The molecule has 2 N–H and O–H groups in total. The Balaban J connectivity index is 1.29. The average Bonchev–Trinajstić information content (AvgIpc) is 3.67. The van der Waals surface area contributed by atoms with Crippen LogP contribution in [-0.2, 0) is 26.4 Å². The van der Waals surface area contributed by atoms with E-state index in [1.165, 1.54) is 28.7 Å². The van der Waals surface area contributed by atoms with E-state index in [2.05, 4.69) is 10.2 Å². The number of halogens is 2. The summed E-state index contributed by atoms with van der Waals surface area (Å²) in [7, 11) is 1.15. The second-order valence-corrected chi connectivity index (χ2v) is 11.1. The van der Waals surface area contributed by atoms with E-state index in [1.807, 2.05) is 18.2 Å². The number of thioether (sulfide) groups is 1. The van der Waals surface area contributed by atoms with Crippen LogP contribution < -0.4 is 15.6 Å². The first-order valence-electron chi connectivity index (χ1n) is 12.9. The van der Waals surface area contributed by atoms with Crippen molar-refractivity contribution in [2.45, 2.75) is 34.8 Å². The number of nitrogens with one attached hydrogen (secondary N) is 1. The van der Waals surface area contributed by atoms with Crippen LogP contribution >= 0.6 is 11.8 Å². The van der Waals surface area contributed by atoms with Gasteiger partial charge in [-0.15, -0.1) is 11.8 Å². The predicted molar refractivity (Wildman–Crippen MR) is 141 cm³/mol. The van der Waals surface area contributed by atoms with E-state index in [1.54, 1.807) is 10.6 Å². The van der Waals surface area contributed by atoms with Crippen molar-refractivity contribution in [3.05, 3.63) is 92.4 Å². The lowest BCUT2D eigenvalue weighted by Crippen LogP contribution is -2.56. The number of carbonyl (C=O) groups excluding carboxylic acids is 1. The van der Waals surface area contributed by atoms with Crippen LogP contribution in [-0.4, -0.2) is 65.2 Å². The molecule has 1 saturated heterocycles. The number of aromatic nitrogens is 1. The lowest BCUT2D eigenvalue weighted by atomic mass is 9.94. The highest BCUT2D eigenvalue weighted by atomic mass is 32.2. The van der Waals surface area contributed by atoms with Crippen LogP contribution in [0.2, 0.25) is 0 Å². The molecule has 13 heteroatoms. The van der Waals surface area contributed by atoms with Gasteiger partial charge in [-0.05, 0) is 35.2 Å². The second-order valence-electron chi connectivity index (χ2n) is 10.1. The summed E-state index contributed by atoms with van der Waals surface area (Å²) in [5.74, 6) is -1.99. The normalized spacial score (nSPS) is 23.5. The van der Waals surface area contributed by atoms with E-state index in [-0.39, 0.29) is 29.4 Å². The van der Waals surface area contributed by atoms with Gasteiger partial charge in [-0.3, -0.25) is 10.2 Å². The number of carbonyl (C=O) groups is 1. The Morgan fingerprint density at radius 1 is 1.27 bits per heavy atom. The molecule has 3 aromatic rings. The smallest absolute Gasteiger partial charge is 0.458 e. The van der Waals surface area contributed by atoms with Gasteiger partial charge in [0.05, 0.1) is 7.11 Å². The maximum Gasteiger partial charge on any atom is 0.510 e. The van der Waals surface area contributed by atoms with E-state index < -0.39 is 35.7 Å². The molecule has 3 atom stereocenters. The molecule has 2 fully saturated rings. The quantitative estimate of drug-likeness (QED) is 0.271. The van der Waals surface area contributed by atoms with Crippen LogP contribution in [0.5, 0.6) is 5.75 Å². The lowest BCUT2D eigenvalue weighted by Gasteiger charge is -2.30. The SMILES string of the molecule is COC(=O)OCOc1c2n(ccc1=O)N[C@@]13C(c4cccc5c4Cc4ccc(F)c(F)c4CS5)[C@@H]1OCC[N+]3=C2O. The number of nitrogens with zero attached hydrogens (tertiary/aromatic N) is 2. The Bertz CT molecular complexity index is 1710. The van der Waals surface area contributed by atoms with Gasteiger partial charge in [-0.25, -0.2) is 18.3 Å². The summed E-state index contributed by atoms with van der Waals surface area (Å²) >= 11 is 1.46. The zero-order chi connectivity index (χ0) is 28.5. The van der Waals surface area contributed by atoms with Gasteiger partial charge in [0.1, 0.15) is 12.5 Å². The van der Waals surface area contributed by atoms with Crippen molar-refractivity contribution in [1.29, 1.82) is 0 Å². The molecule has 4 heterocycles. The fourth-order valence-corrected chi connectivity index (χ4v) is 7.34. The van der Waals surface area contributed by atoms with Gasteiger partial charge in [0.15, 0.2) is 24.3 Å². The van der Waals surface area contributed by atoms with Crippen LogP contribution in [0.25, 0.3) is 0 Å². The number of methoxy groups -OCH3 is 1. The Morgan fingerprint density at radius 3 is 2.95 bits per heavy atom. The molecule has 0 bridgehead atoms. The molecule has 0 radical (unpaired) electrons. The Hall–Kier alpha value is -4.10.